The molecule has 0 spiro atoms. The maximum Gasteiger partial charge on any atom is 0.416 e. The van der Waals surface area contributed by atoms with E-state index in [0.717, 1.165) is 47.8 Å². The first-order valence-electron chi connectivity index (χ1n) is 8.51. The Bertz CT molecular complexity index is 1140. The van der Waals surface area contributed by atoms with Gasteiger partial charge in [-0.25, -0.2) is 0 Å². The van der Waals surface area contributed by atoms with Crippen molar-refractivity contribution >= 4 is 22.2 Å². The van der Waals surface area contributed by atoms with Gasteiger partial charge in [0.1, 0.15) is 5.82 Å². The Morgan fingerprint density at radius 3 is 2.67 bits per heavy atom. The molecule has 136 valence electrons. The van der Waals surface area contributed by atoms with Crippen molar-refractivity contribution < 1.29 is 13.2 Å². The minimum absolute atomic E-state index is 0.222. The van der Waals surface area contributed by atoms with Gasteiger partial charge in [0.15, 0.2) is 5.65 Å². The maximum absolute atomic E-state index is 12.9. The quantitative estimate of drug-likeness (QED) is 0.538. The molecule has 27 heavy (non-hydrogen) atoms. The van der Waals surface area contributed by atoms with Crippen molar-refractivity contribution in [2.24, 2.45) is 0 Å². The van der Waals surface area contributed by atoms with Crippen LogP contribution < -0.4 is 4.90 Å². The lowest BCUT2D eigenvalue weighted by molar-refractivity contribution is -0.137. The summed E-state index contributed by atoms with van der Waals surface area (Å²) in [5, 5.41) is 9.19. The van der Waals surface area contributed by atoms with Gasteiger partial charge in [0.25, 0.3) is 0 Å². The van der Waals surface area contributed by atoms with E-state index in [1.165, 1.54) is 6.07 Å². The van der Waals surface area contributed by atoms with Crippen LogP contribution in [0.15, 0.2) is 54.9 Å². The zero-order valence-electron chi connectivity index (χ0n) is 14.1. The van der Waals surface area contributed by atoms with E-state index in [-0.39, 0.29) is 5.92 Å². The summed E-state index contributed by atoms with van der Waals surface area (Å²) in [5.41, 5.74) is 1.36. The topological polar surface area (TPSA) is 46.3 Å². The molecule has 0 bridgehead atoms. The van der Waals surface area contributed by atoms with Crippen LogP contribution in [0.5, 0.6) is 0 Å². The third-order valence-electron chi connectivity index (χ3n) is 4.97. The number of fused-ring (bicyclic) bond motifs is 2. The largest absolute Gasteiger partial charge is 0.416 e. The second-order valence-electron chi connectivity index (χ2n) is 6.65. The number of pyridine rings is 2. The van der Waals surface area contributed by atoms with Crippen molar-refractivity contribution in [2.45, 2.75) is 12.1 Å². The third-order valence-corrected chi connectivity index (χ3v) is 4.97. The molecule has 0 unspecified atom stereocenters. The Balaban J connectivity index is 1.44. The van der Waals surface area contributed by atoms with Crippen LogP contribution in [0.4, 0.5) is 18.9 Å². The second-order valence-corrected chi connectivity index (χ2v) is 6.65. The fraction of sp³-hybridized carbons (Fsp3) is 0.211. The normalized spacial score (nSPS) is 15.4. The summed E-state index contributed by atoms with van der Waals surface area (Å²) in [4.78, 5) is 6.24. The number of halogens is 3. The van der Waals surface area contributed by atoms with Gasteiger partial charge in [0, 0.05) is 36.6 Å². The number of hydrogen-bond donors (Lipinski definition) is 0. The summed E-state index contributed by atoms with van der Waals surface area (Å²) >= 11 is 0. The van der Waals surface area contributed by atoms with E-state index >= 15 is 0 Å². The van der Waals surface area contributed by atoms with E-state index in [1.807, 2.05) is 34.9 Å². The van der Waals surface area contributed by atoms with E-state index in [1.54, 1.807) is 6.20 Å². The number of hydrogen-bond acceptors (Lipinski definition) is 4. The average molecular weight is 369 g/mol. The van der Waals surface area contributed by atoms with Crippen LogP contribution in [0.2, 0.25) is 0 Å². The average Bonchev–Trinajstić information content (AvgIpc) is 3.03. The molecule has 1 fully saturated rings. The Kier molecular flexibility index (Phi) is 3.37. The van der Waals surface area contributed by atoms with E-state index in [2.05, 4.69) is 20.1 Å². The van der Waals surface area contributed by atoms with E-state index in [0.29, 0.717) is 5.52 Å². The SMILES string of the molecule is FC(F)(F)c1ccc2c(N3CC(c4nnc5ccccn45)C3)ccnc2c1. The molecule has 1 aliphatic heterocycles. The predicted octanol–water partition coefficient (Wildman–Crippen LogP) is 3.90. The van der Waals surface area contributed by atoms with Crippen LogP contribution >= 0.6 is 0 Å². The molecule has 1 saturated heterocycles. The first-order valence-corrected chi connectivity index (χ1v) is 8.51. The highest BCUT2D eigenvalue weighted by Crippen LogP contribution is 2.37. The summed E-state index contributed by atoms with van der Waals surface area (Å²) in [6, 6.07) is 11.3. The highest BCUT2D eigenvalue weighted by molar-refractivity contribution is 5.92. The van der Waals surface area contributed by atoms with Crippen LogP contribution in [0, 0.1) is 0 Å². The van der Waals surface area contributed by atoms with Crippen molar-refractivity contribution in [3.05, 3.63) is 66.2 Å². The van der Waals surface area contributed by atoms with Crippen LogP contribution in [0.25, 0.3) is 16.6 Å². The zero-order valence-corrected chi connectivity index (χ0v) is 14.1. The van der Waals surface area contributed by atoms with Crippen LogP contribution in [0.1, 0.15) is 17.3 Å². The number of rotatable bonds is 2. The highest BCUT2D eigenvalue weighted by Gasteiger charge is 2.34. The molecule has 0 N–H and O–H groups in total. The number of benzene rings is 1. The fourth-order valence-corrected chi connectivity index (χ4v) is 3.56. The molecule has 0 saturated carbocycles. The lowest BCUT2D eigenvalue weighted by Gasteiger charge is -2.40. The number of anilines is 1. The van der Waals surface area contributed by atoms with Crippen molar-refractivity contribution in [3.8, 4) is 0 Å². The van der Waals surface area contributed by atoms with E-state index in [4.69, 9.17) is 0 Å². The Morgan fingerprint density at radius 1 is 1.00 bits per heavy atom. The smallest absolute Gasteiger partial charge is 0.369 e. The van der Waals surface area contributed by atoms with Gasteiger partial charge in [-0.1, -0.05) is 12.1 Å². The van der Waals surface area contributed by atoms with Gasteiger partial charge in [-0.15, -0.1) is 10.2 Å². The minimum atomic E-state index is -4.37. The summed E-state index contributed by atoms with van der Waals surface area (Å²) in [5.74, 6) is 1.12. The van der Waals surface area contributed by atoms with Crippen LogP contribution in [-0.2, 0) is 6.18 Å². The van der Waals surface area contributed by atoms with Gasteiger partial charge in [-0.2, -0.15) is 13.2 Å². The Morgan fingerprint density at radius 2 is 1.85 bits per heavy atom. The van der Waals surface area contributed by atoms with E-state index in [9.17, 15) is 13.2 Å². The van der Waals surface area contributed by atoms with Gasteiger partial charge >= 0.3 is 6.18 Å². The minimum Gasteiger partial charge on any atom is -0.369 e. The number of nitrogens with zero attached hydrogens (tertiary/aromatic N) is 5. The molecule has 0 aliphatic carbocycles. The summed E-state index contributed by atoms with van der Waals surface area (Å²) < 4.78 is 40.8. The van der Waals surface area contributed by atoms with Gasteiger partial charge in [0.05, 0.1) is 17.0 Å². The molecule has 4 aromatic rings. The summed E-state index contributed by atoms with van der Waals surface area (Å²) in [7, 11) is 0. The predicted molar refractivity (Wildman–Crippen MR) is 94.7 cm³/mol. The molecule has 1 aromatic carbocycles. The van der Waals surface area contributed by atoms with Crippen molar-refractivity contribution in [2.75, 3.05) is 18.0 Å². The van der Waals surface area contributed by atoms with Gasteiger partial charge in [0.2, 0.25) is 0 Å². The van der Waals surface area contributed by atoms with E-state index < -0.39 is 11.7 Å². The molecule has 3 aromatic heterocycles. The second kappa shape index (κ2) is 5.67. The van der Waals surface area contributed by atoms with Crippen molar-refractivity contribution in [1.29, 1.82) is 0 Å². The summed E-state index contributed by atoms with van der Waals surface area (Å²) in [6.07, 6.45) is -0.881. The first kappa shape index (κ1) is 16.0. The molecule has 1 aliphatic rings. The van der Waals surface area contributed by atoms with Gasteiger partial charge in [-0.3, -0.25) is 9.38 Å². The molecule has 5 rings (SSSR count). The van der Waals surface area contributed by atoms with Gasteiger partial charge in [-0.05, 0) is 30.3 Å². The standard InChI is InChI=1S/C19H14F3N5/c20-19(21,22)13-4-5-14-15(9-13)23-7-6-16(14)26-10-12(11-26)18-25-24-17-3-1-2-8-27(17)18/h1-9,12H,10-11H2. The van der Waals surface area contributed by atoms with Crippen molar-refractivity contribution in [1.82, 2.24) is 19.6 Å². The monoisotopic (exact) mass is 369 g/mol. The Hall–Kier alpha value is -3.16. The maximum atomic E-state index is 12.9. The molecule has 0 amide bonds. The highest BCUT2D eigenvalue weighted by atomic mass is 19.4. The van der Waals surface area contributed by atoms with Crippen LogP contribution in [-0.4, -0.2) is 32.7 Å². The van der Waals surface area contributed by atoms with Crippen molar-refractivity contribution in [3.63, 3.8) is 0 Å². The lowest BCUT2D eigenvalue weighted by atomic mass is 9.97. The molecule has 0 radical (unpaired) electrons. The van der Waals surface area contributed by atoms with Gasteiger partial charge < -0.3 is 4.90 Å². The molecule has 8 heteroatoms. The molecule has 4 heterocycles. The molecule has 0 atom stereocenters. The molecule has 5 nitrogen and oxygen atoms in total. The lowest BCUT2D eigenvalue weighted by Crippen LogP contribution is -2.46. The number of aromatic nitrogens is 4. The molecular formula is C19H14F3N5. The summed E-state index contributed by atoms with van der Waals surface area (Å²) in [6.45, 7) is 1.46. The van der Waals surface area contributed by atoms with Crippen LogP contribution in [0.3, 0.4) is 0 Å². The molecular weight excluding hydrogens is 355 g/mol. The zero-order chi connectivity index (χ0) is 18.6. The Labute approximate surface area is 152 Å². The third kappa shape index (κ3) is 2.59. The fourth-order valence-electron chi connectivity index (χ4n) is 3.56. The number of alkyl halides is 3. The first-order chi connectivity index (χ1) is 13.0.